The number of aromatic nitrogens is 9. The van der Waals surface area contributed by atoms with Crippen LogP contribution >= 0.6 is 0 Å². The van der Waals surface area contributed by atoms with E-state index in [2.05, 4.69) is 40.8 Å². The maximum absolute atomic E-state index is 5.09. The number of para-hydroxylation sites is 3. The monoisotopic (exact) mass is 501 g/mol. The first-order chi connectivity index (χ1) is 19.3. The molecule has 9 nitrogen and oxygen atoms in total. The SMILES string of the molecule is c1ccc2nc3nc4n(c3cc2c1)c1nc2cc3ccccc3nc2n1c1nc2nc3ccccc3cc2n41. The second-order valence-corrected chi connectivity index (χ2v) is 9.81. The van der Waals surface area contributed by atoms with Crippen molar-refractivity contribution in [1.29, 1.82) is 0 Å². The molecule has 0 spiro atoms. The van der Waals surface area contributed by atoms with Gasteiger partial charge in [0.1, 0.15) is 5.52 Å². The van der Waals surface area contributed by atoms with E-state index >= 15 is 0 Å². The van der Waals surface area contributed by atoms with Gasteiger partial charge in [0.25, 0.3) is 0 Å². The van der Waals surface area contributed by atoms with Crippen LogP contribution in [0.4, 0.5) is 0 Å². The molecular weight excluding hydrogens is 486 g/mol. The Kier molecular flexibility index (Phi) is 3.28. The highest BCUT2D eigenvalue weighted by Crippen LogP contribution is 2.30. The predicted octanol–water partition coefficient (Wildman–Crippen LogP) is 5.73. The van der Waals surface area contributed by atoms with Crippen LogP contribution in [0.3, 0.4) is 0 Å². The predicted molar refractivity (Wildman–Crippen MR) is 151 cm³/mol. The number of nitrogens with zero attached hydrogens (tertiary/aromatic N) is 9. The molecule has 9 heteroatoms. The van der Waals surface area contributed by atoms with Crippen LogP contribution in [0.15, 0.2) is 91.0 Å². The summed E-state index contributed by atoms with van der Waals surface area (Å²) in [6.45, 7) is 0. The average Bonchev–Trinajstić information content (AvgIpc) is 3.63. The summed E-state index contributed by atoms with van der Waals surface area (Å²) >= 11 is 0. The Bertz CT molecular complexity index is 2350. The summed E-state index contributed by atoms with van der Waals surface area (Å²) in [5.41, 5.74) is 7.19. The molecule has 0 atom stereocenters. The maximum atomic E-state index is 5.09. The summed E-state index contributed by atoms with van der Waals surface area (Å²) < 4.78 is 6.12. The van der Waals surface area contributed by atoms with Crippen LogP contribution in [-0.2, 0) is 0 Å². The average molecular weight is 502 g/mol. The molecule has 7 heterocycles. The number of hydrogen-bond donors (Lipinski definition) is 0. The van der Waals surface area contributed by atoms with Gasteiger partial charge in [-0.05, 0) is 36.4 Å². The van der Waals surface area contributed by atoms with Crippen LogP contribution in [-0.4, -0.2) is 43.1 Å². The number of rotatable bonds is 0. The number of hydrogen-bond acceptors (Lipinski definition) is 6. The summed E-state index contributed by atoms with van der Waals surface area (Å²) in [4.78, 5) is 30.0. The highest BCUT2D eigenvalue weighted by Gasteiger charge is 2.23. The molecular formula is C30H15N9. The van der Waals surface area contributed by atoms with Crippen molar-refractivity contribution in [1.82, 2.24) is 43.1 Å². The lowest BCUT2D eigenvalue weighted by Gasteiger charge is -2.05. The molecule has 7 aromatic heterocycles. The highest BCUT2D eigenvalue weighted by atomic mass is 15.3. The minimum atomic E-state index is 0.635. The van der Waals surface area contributed by atoms with Crippen LogP contribution in [0, 0.1) is 0 Å². The third-order valence-corrected chi connectivity index (χ3v) is 7.58. The van der Waals surface area contributed by atoms with Crippen LogP contribution < -0.4 is 0 Å². The molecule has 0 radical (unpaired) electrons. The summed E-state index contributed by atoms with van der Waals surface area (Å²) in [5, 5.41) is 3.10. The van der Waals surface area contributed by atoms with E-state index in [-0.39, 0.29) is 0 Å². The van der Waals surface area contributed by atoms with Crippen molar-refractivity contribution in [2.45, 2.75) is 0 Å². The van der Waals surface area contributed by atoms with Crippen LogP contribution in [0.25, 0.3) is 83.5 Å². The Morgan fingerprint density at radius 1 is 0.385 bits per heavy atom. The summed E-state index contributed by atoms with van der Waals surface area (Å²) in [6, 6.07) is 30.6. The number of fused-ring (bicyclic) bond motifs is 15. The van der Waals surface area contributed by atoms with Crippen molar-refractivity contribution in [3.63, 3.8) is 0 Å². The van der Waals surface area contributed by atoms with Gasteiger partial charge < -0.3 is 0 Å². The Labute approximate surface area is 217 Å². The summed E-state index contributed by atoms with van der Waals surface area (Å²) in [6.07, 6.45) is 0. The highest BCUT2D eigenvalue weighted by molar-refractivity contribution is 5.97. The molecule has 0 bridgehead atoms. The van der Waals surface area contributed by atoms with Crippen molar-refractivity contribution in [2.75, 3.05) is 0 Å². The first-order valence-corrected chi connectivity index (χ1v) is 12.7. The molecule has 0 fully saturated rings. The quantitative estimate of drug-likeness (QED) is 0.263. The molecule has 0 saturated carbocycles. The van der Waals surface area contributed by atoms with Gasteiger partial charge in [0.2, 0.25) is 17.3 Å². The smallest absolute Gasteiger partial charge is 0.228 e. The zero-order valence-electron chi connectivity index (χ0n) is 20.2. The van der Waals surface area contributed by atoms with Gasteiger partial charge in [-0.2, -0.15) is 9.97 Å². The van der Waals surface area contributed by atoms with Crippen LogP contribution in [0.2, 0.25) is 0 Å². The van der Waals surface area contributed by atoms with Gasteiger partial charge in [0.05, 0.1) is 27.6 Å². The first-order valence-electron chi connectivity index (χ1n) is 12.7. The van der Waals surface area contributed by atoms with Crippen LogP contribution in [0.5, 0.6) is 0 Å². The van der Waals surface area contributed by atoms with Gasteiger partial charge in [0.15, 0.2) is 16.9 Å². The van der Waals surface area contributed by atoms with E-state index in [1.807, 2.05) is 63.4 Å². The fourth-order valence-corrected chi connectivity index (χ4v) is 5.81. The fourth-order valence-electron chi connectivity index (χ4n) is 5.81. The molecule has 0 aliphatic rings. The minimum absolute atomic E-state index is 0.635. The molecule has 0 aliphatic carbocycles. The molecule has 180 valence electrons. The second-order valence-electron chi connectivity index (χ2n) is 9.81. The number of pyridine rings is 3. The number of imidazole rings is 3. The van der Waals surface area contributed by atoms with Crippen LogP contribution in [0.1, 0.15) is 0 Å². The molecule has 3 aromatic carbocycles. The van der Waals surface area contributed by atoms with Gasteiger partial charge in [0, 0.05) is 16.2 Å². The molecule has 10 rings (SSSR count). The van der Waals surface area contributed by atoms with Crippen molar-refractivity contribution < 1.29 is 0 Å². The molecule has 39 heavy (non-hydrogen) atoms. The topological polar surface area (TPSA) is 90.6 Å². The lowest BCUT2D eigenvalue weighted by atomic mass is 10.2. The van der Waals surface area contributed by atoms with E-state index in [0.29, 0.717) is 28.6 Å². The van der Waals surface area contributed by atoms with Gasteiger partial charge in [-0.25, -0.2) is 33.1 Å². The van der Waals surface area contributed by atoms with Gasteiger partial charge in [-0.1, -0.05) is 54.6 Å². The standard InChI is InChI=1S/C30H15N9/c1-6-12-21-16(7-1)13-22-27(33-21)39-28(34-22)37-23-14-17-8-2-4-10-19(17)31-25(23)35-29(37)38-24-15-18-9-3-5-11-20(18)32-26(24)36-30(38)39/h1-15H. The molecule has 0 aliphatic heterocycles. The van der Waals surface area contributed by atoms with Gasteiger partial charge >= 0.3 is 0 Å². The third-order valence-electron chi connectivity index (χ3n) is 7.58. The van der Waals surface area contributed by atoms with Gasteiger partial charge in [-0.15, -0.1) is 0 Å². The lowest BCUT2D eigenvalue weighted by molar-refractivity contribution is 1.01. The van der Waals surface area contributed by atoms with Crippen molar-refractivity contribution in [3.8, 4) is 0 Å². The Morgan fingerprint density at radius 2 is 0.846 bits per heavy atom. The molecule has 10 aromatic rings. The fraction of sp³-hybridized carbons (Fsp3) is 0. The van der Waals surface area contributed by atoms with E-state index in [4.69, 9.17) is 29.9 Å². The molecule has 0 N–H and O–H groups in total. The molecule has 0 unspecified atom stereocenters. The molecule has 0 amide bonds. The summed E-state index contributed by atoms with van der Waals surface area (Å²) in [7, 11) is 0. The van der Waals surface area contributed by atoms with Crippen molar-refractivity contribution in [3.05, 3.63) is 91.0 Å². The third kappa shape index (κ3) is 2.39. The minimum Gasteiger partial charge on any atom is -0.245 e. The van der Waals surface area contributed by atoms with E-state index in [1.54, 1.807) is 0 Å². The van der Waals surface area contributed by atoms with E-state index < -0.39 is 0 Å². The normalized spacial score (nSPS) is 12.6. The maximum Gasteiger partial charge on any atom is 0.228 e. The zero-order chi connectivity index (χ0) is 25.2. The summed E-state index contributed by atoms with van der Waals surface area (Å²) in [5.74, 6) is 2.00. The van der Waals surface area contributed by atoms with Crippen molar-refractivity contribution in [2.24, 2.45) is 0 Å². The van der Waals surface area contributed by atoms with E-state index in [1.165, 1.54) is 0 Å². The van der Waals surface area contributed by atoms with Gasteiger partial charge in [-0.3, -0.25) is 0 Å². The Hall–Kier alpha value is -5.70. The van der Waals surface area contributed by atoms with Crippen molar-refractivity contribution >= 4 is 83.5 Å². The van der Waals surface area contributed by atoms with E-state index in [0.717, 1.165) is 54.9 Å². The largest absolute Gasteiger partial charge is 0.245 e. The molecule has 0 saturated heterocycles. The number of benzene rings is 3. The lowest BCUT2D eigenvalue weighted by Crippen LogP contribution is -2.04. The first kappa shape index (κ1) is 19.4. The zero-order valence-corrected chi connectivity index (χ0v) is 20.2. The van der Waals surface area contributed by atoms with E-state index in [9.17, 15) is 0 Å². The second kappa shape index (κ2) is 6.59. The Morgan fingerprint density at radius 3 is 1.44 bits per heavy atom. The Balaban J connectivity index is 1.53.